The van der Waals surface area contributed by atoms with Gasteiger partial charge in [-0.3, -0.25) is 9.59 Å². The number of aliphatic hydroxyl groups excluding tert-OH is 1. The fourth-order valence-electron chi connectivity index (χ4n) is 2.44. The fourth-order valence-corrected chi connectivity index (χ4v) is 4.08. The second-order valence-electron chi connectivity index (χ2n) is 5.37. The molecule has 1 aliphatic heterocycles. The summed E-state index contributed by atoms with van der Waals surface area (Å²) in [6.07, 6.45) is -1.42. The number of β-amino-alcohol motifs (C(OH)–C–C–N with tert-alkyl or cyclic N) is 1. The van der Waals surface area contributed by atoms with Crippen molar-refractivity contribution in [3.63, 3.8) is 0 Å². The van der Waals surface area contributed by atoms with Gasteiger partial charge in [-0.15, -0.1) is 0 Å². The Hall–Kier alpha value is -2.04. The van der Waals surface area contributed by atoms with Crippen LogP contribution in [-0.4, -0.2) is 60.0 Å². The van der Waals surface area contributed by atoms with Crippen molar-refractivity contribution < 1.29 is 32.6 Å². The Bertz CT molecular complexity index is 721. The Labute approximate surface area is 137 Å². The van der Waals surface area contributed by atoms with Gasteiger partial charge in [-0.05, 0) is 24.3 Å². The van der Waals surface area contributed by atoms with E-state index < -0.39 is 39.9 Å². The Morgan fingerprint density at radius 1 is 1.29 bits per heavy atom. The number of carboxylic acid groups (broad SMARTS) is 1. The molecule has 8 nitrogen and oxygen atoms in total. The molecule has 0 aliphatic carbocycles. The zero-order valence-corrected chi connectivity index (χ0v) is 13.4. The van der Waals surface area contributed by atoms with Crippen LogP contribution in [0, 0.1) is 5.82 Å². The maximum atomic E-state index is 13.0. The molecule has 10 heteroatoms. The Morgan fingerprint density at radius 3 is 2.50 bits per heavy atom. The molecule has 1 aliphatic rings. The van der Waals surface area contributed by atoms with E-state index in [1.165, 1.54) is 0 Å². The van der Waals surface area contributed by atoms with Gasteiger partial charge in [0.25, 0.3) is 0 Å². The number of carbonyl (C=O) groups is 2. The number of nitrogens with zero attached hydrogens (tertiary/aromatic N) is 1. The van der Waals surface area contributed by atoms with Crippen molar-refractivity contribution in [3.05, 3.63) is 30.1 Å². The normalized spacial score (nSPS) is 21.6. The molecule has 0 spiro atoms. The van der Waals surface area contributed by atoms with Gasteiger partial charge in [0.05, 0.1) is 17.4 Å². The lowest BCUT2D eigenvalue weighted by Gasteiger charge is -2.23. The summed E-state index contributed by atoms with van der Waals surface area (Å²) in [6, 6.07) is 2.98. The standard InChI is InChI=1S/C14H17FN2O6S/c15-9-1-3-11(4-2-9)24(22,23)17-8-10(18)7-12(17)14(21)16-6-5-13(19)20/h1-4,10,12,18H,5-8H2,(H,16,21)(H,19,20). The van der Waals surface area contributed by atoms with Crippen LogP contribution in [-0.2, 0) is 19.6 Å². The molecular weight excluding hydrogens is 343 g/mol. The highest BCUT2D eigenvalue weighted by molar-refractivity contribution is 7.89. The van der Waals surface area contributed by atoms with E-state index in [0.29, 0.717) is 0 Å². The van der Waals surface area contributed by atoms with Crippen molar-refractivity contribution in [3.8, 4) is 0 Å². The van der Waals surface area contributed by atoms with Crippen molar-refractivity contribution in [2.45, 2.75) is 29.9 Å². The van der Waals surface area contributed by atoms with Crippen LogP contribution in [0.25, 0.3) is 0 Å². The van der Waals surface area contributed by atoms with Crippen LogP contribution in [0.15, 0.2) is 29.2 Å². The zero-order valence-electron chi connectivity index (χ0n) is 12.6. The van der Waals surface area contributed by atoms with Gasteiger partial charge in [0.15, 0.2) is 0 Å². The smallest absolute Gasteiger partial charge is 0.305 e. The Kier molecular flexibility index (Phi) is 5.52. The number of hydrogen-bond donors (Lipinski definition) is 3. The van der Waals surface area contributed by atoms with Crippen molar-refractivity contribution in [1.29, 1.82) is 0 Å². The number of amides is 1. The lowest BCUT2D eigenvalue weighted by molar-refractivity contribution is -0.137. The first kappa shape index (κ1) is 18.3. The first-order valence-electron chi connectivity index (χ1n) is 7.17. The second-order valence-corrected chi connectivity index (χ2v) is 7.26. The third kappa shape index (κ3) is 4.08. The van der Waals surface area contributed by atoms with Crippen LogP contribution in [0.4, 0.5) is 4.39 Å². The number of aliphatic carboxylic acids is 1. The summed E-state index contributed by atoms with van der Waals surface area (Å²) in [5.74, 6) is -2.38. The molecule has 0 saturated carbocycles. The molecule has 2 rings (SSSR count). The molecule has 3 N–H and O–H groups in total. The number of halogens is 1. The van der Waals surface area contributed by atoms with Gasteiger partial charge >= 0.3 is 5.97 Å². The van der Waals surface area contributed by atoms with Crippen molar-refractivity contribution in [2.24, 2.45) is 0 Å². The zero-order chi connectivity index (χ0) is 17.9. The third-order valence-corrected chi connectivity index (χ3v) is 5.48. The van der Waals surface area contributed by atoms with E-state index in [1.54, 1.807) is 0 Å². The van der Waals surface area contributed by atoms with Gasteiger partial charge in [-0.25, -0.2) is 12.8 Å². The molecule has 1 aromatic rings. The Morgan fingerprint density at radius 2 is 1.92 bits per heavy atom. The molecule has 1 aromatic carbocycles. The molecule has 24 heavy (non-hydrogen) atoms. The van der Waals surface area contributed by atoms with E-state index in [4.69, 9.17) is 5.11 Å². The maximum Gasteiger partial charge on any atom is 0.305 e. The van der Waals surface area contributed by atoms with E-state index in [-0.39, 0.29) is 30.8 Å². The summed E-state index contributed by atoms with van der Waals surface area (Å²) in [7, 11) is -4.09. The van der Waals surface area contributed by atoms with Crippen LogP contribution in [0.2, 0.25) is 0 Å². The van der Waals surface area contributed by atoms with E-state index >= 15 is 0 Å². The van der Waals surface area contributed by atoms with Crippen LogP contribution < -0.4 is 5.32 Å². The van der Waals surface area contributed by atoms with E-state index in [2.05, 4.69) is 5.32 Å². The number of rotatable bonds is 6. The second kappa shape index (κ2) is 7.24. The number of hydrogen-bond acceptors (Lipinski definition) is 5. The van der Waals surface area contributed by atoms with E-state index in [1.807, 2.05) is 0 Å². The monoisotopic (exact) mass is 360 g/mol. The van der Waals surface area contributed by atoms with Gasteiger partial charge in [0.1, 0.15) is 11.9 Å². The molecule has 1 amide bonds. The number of benzene rings is 1. The molecule has 0 radical (unpaired) electrons. The van der Waals surface area contributed by atoms with Crippen molar-refractivity contribution >= 4 is 21.9 Å². The highest BCUT2D eigenvalue weighted by Gasteiger charge is 2.43. The molecule has 0 bridgehead atoms. The molecule has 1 heterocycles. The molecule has 2 atom stereocenters. The minimum absolute atomic E-state index is 0.0979. The van der Waals surface area contributed by atoms with Crippen LogP contribution >= 0.6 is 0 Å². The molecule has 0 aromatic heterocycles. The van der Waals surface area contributed by atoms with Gasteiger partial charge in [0.2, 0.25) is 15.9 Å². The molecule has 2 unspecified atom stereocenters. The first-order chi connectivity index (χ1) is 11.2. The third-order valence-electron chi connectivity index (χ3n) is 3.59. The summed E-state index contributed by atoms with van der Waals surface area (Å²) in [5, 5.41) is 20.6. The van der Waals surface area contributed by atoms with Gasteiger partial charge in [0, 0.05) is 19.5 Å². The minimum Gasteiger partial charge on any atom is -0.481 e. The summed E-state index contributed by atoms with van der Waals surface area (Å²) >= 11 is 0. The quantitative estimate of drug-likeness (QED) is 0.631. The number of carboxylic acids is 1. The number of carbonyl (C=O) groups excluding carboxylic acids is 1. The predicted molar refractivity (Wildman–Crippen MR) is 80.0 cm³/mol. The summed E-state index contributed by atoms with van der Waals surface area (Å²) < 4.78 is 39.0. The van der Waals surface area contributed by atoms with Crippen LogP contribution in [0.1, 0.15) is 12.8 Å². The topological polar surface area (TPSA) is 124 Å². The van der Waals surface area contributed by atoms with Gasteiger partial charge < -0.3 is 15.5 Å². The first-order valence-corrected chi connectivity index (χ1v) is 8.61. The van der Waals surface area contributed by atoms with E-state index in [9.17, 15) is 27.5 Å². The molecular formula is C14H17FN2O6S. The summed E-state index contributed by atoms with van der Waals surface area (Å²) in [5.41, 5.74) is 0. The number of sulfonamides is 1. The number of aliphatic hydroxyl groups is 1. The fraction of sp³-hybridized carbons (Fsp3) is 0.429. The molecule has 1 fully saturated rings. The maximum absolute atomic E-state index is 13.0. The van der Waals surface area contributed by atoms with Crippen LogP contribution in [0.5, 0.6) is 0 Å². The van der Waals surface area contributed by atoms with E-state index in [0.717, 1.165) is 28.6 Å². The largest absolute Gasteiger partial charge is 0.481 e. The molecule has 132 valence electrons. The summed E-state index contributed by atoms with van der Waals surface area (Å²) in [4.78, 5) is 22.4. The molecule has 1 saturated heterocycles. The number of nitrogens with one attached hydrogen (secondary N) is 1. The highest BCUT2D eigenvalue weighted by Crippen LogP contribution is 2.26. The Balaban J connectivity index is 2.18. The average molecular weight is 360 g/mol. The van der Waals surface area contributed by atoms with Crippen molar-refractivity contribution in [2.75, 3.05) is 13.1 Å². The predicted octanol–water partition coefficient (Wildman–Crippen LogP) is -0.460. The highest BCUT2D eigenvalue weighted by atomic mass is 32.2. The lowest BCUT2D eigenvalue weighted by Crippen LogP contribution is -2.46. The average Bonchev–Trinajstić information content (AvgIpc) is 2.90. The van der Waals surface area contributed by atoms with Crippen LogP contribution in [0.3, 0.4) is 0 Å². The van der Waals surface area contributed by atoms with Crippen molar-refractivity contribution in [1.82, 2.24) is 9.62 Å². The minimum atomic E-state index is -4.09. The lowest BCUT2D eigenvalue weighted by atomic mass is 10.2. The van der Waals surface area contributed by atoms with Gasteiger partial charge in [-0.2, -0.15) is 4.31 Å². The SMILES string of the molecule is O=C(O)CCNC(=O)C1CC(O)CN1S(=O)(=O)c1ccc(F)cc1. The summed E-state index contributed by atoms with van der Waals surface area (Å²) in [6.45, 7) is -0.415. The van der Waals surface area contributed by atoms with Gasteiger partial charge in [-0.1, -0.05) is 0 Å².